The van der Waals surface area contributed by atoms with Crippen LogP contribution in [0.4, 0.5) is 10.1 Å². The molecule has 5 nitrogen and oxygen atoms in total. The molecule has 1 saturated heterocycles. The van der Waals surface area contributed by atoms with Crippen molar-refractivity contribution in [2.45, 2.75) is 13.0 Å². The Bertz CT molecular complexity index is 600. The van der Waals surface area contributed by atoms with Gasteiger partial charge in [-0.1, -0.05) is 12.1 Å². The van der Waals surface area contributed by atoms with Gasteiger partial charge in [0.25, 0.3) is 0 Å². The van der Waals surface area contributed by atoms with Gasteiger partial charge in [-0.2, -0.15) is 6.67 Å². The van der Waals surface area contributed by atoms with Gasteiger partial charge < -0.3 is 18.2 Å². The molecule has 0 N–H and O–H groups in total. The molecule has 0 aromatic heterocycles. The number of hydrogen-bond acceptors (Lipinski definition) is 7. The fraction of sp³-hybridized carbons (Fsp3) is 0.444. The van der Waals surface area contributed by atoms with Crippen LogP contribution >= 0.6 is 23.9 Å². The zero-order chi connectivity index (χ0) is 19.7. The summed E-state index contributed by atoms with van der Waals surface area (Å²) in [5, 5.41) is 0. The molecule has 1 aliphatic heterocycles. The molecule has 1 heterocycles. The van der Waals surface area contributed by atoms with Crippen LogP contribution in [0.15, 0.2) is 18.2 Å². The third-order valence-corrected chi connectivity index (χ3v) is 5.43. The summed E-state index contributed by atoms with van der Waals surface area (Å²) in [6.45, 7) is 11.6. The maximum Gasteiger partial charge on any atom is 2.00 e. The number of ether oxygens (including phenoxy) is 1. The van der Waals surface area contributed by atoms with Gasteiger partial charge in [-0.3, -0.25) is 6.58 Å². The summed E-state index contributed by atoms with van der Waals surface area (Å²) in [6, 6.07) is 3.75. The van der Waals surface area contributed by atoms with Crippen molar-refractivity contribution in [3.05, 3.63) is 42.8 Å². The van der Waals surface area contributed by atoms with Crippen LogP contribution in [0.25, 0.3) is 6.08 Å². The standard InChI is InChI=1S/C13H15FNO2.C5H11N2S2.Ru/c1-5-10-8-11(14)6-7-12(10)15(3)9(2)13(16)17-4;1-8-6-3-4-7(5-6)9-2;/h1,5-9H,2-4H3;5H,3-4H2,1-2H3;/q2*-1;+2. The van der Waals surface area contributed by atoms with E-state index in [0.29, 0.717) is 11.3 Å². The van der Waals surface area contributed by atoms with Gasteiger partial charge in [0, 0.05) is 7.05 Å². The largest absolute Gasteiger partial charge is 2.00 e. The predicted octanol–water partition coefficient (Wildman–Crippen LogP) is 3.55. The van der Waals surface area contributed by atoms with Crippen molar-refractivity contribution >= 4 is 41.6 Å². The van der Waals surface area contributed by atoms with Crippen LogP contribution < -0.4 is 4.90 Å². The van der Waals surface area contributed by atoms with Crippen LogP contribution in [0.5, 0.6) is 0 Å². The van der Waals surface area contributed by atoms with Gasteiger partial charge >= 0.3 is 25.4 Å². The van der Waals surface area contributed by atoms with Crippen molar-refractivity contribution in [1.82, 2.24) is 8.61 Å². The van der Waals surface area contributed by atoms with Crippen LogP contribution in [-0.4, -0.2) is 60.4 Å². The molecular weight excluding hydrogens is 474 g/mol. The van der Waals surface area contributed by atoms with Crippen LogP contribution in [0.3, 0.4) is 0 Å². The molecule has 0 saturated carbocycles. The summed E-state index contributed by atoms with van der Waals surface area (Å²) in [7, 11) is 3.05. The molecule has 0 spiro atoms. The molecule has 1 fully saturated rings. The zero-order valence-corrected chi connectivity index (χ0v) is 19.5. The summed E-state index contributed by atoms with van der Waals surface area (Å²) in [4.78, 5) is 13.1. The van der Waals surface area contributed by atoms with Gasteiger partial charge in [0.1, 0.15) is 11.9 Å². The van der Waals surface area contributed by atoms with Crippen molar-refractivity contribution in [2.24, 2.45) is 0 Å². The third-order valence-electron chi connectivity index (χ3n) is 3.94. The van der Waals surface area contributed by atoms with Crippen molar-refractivity contribution in [3.8, 4) is 0 Å². The molecule has 1 aromatic carbocycles. The minimum Gasteiger partial charge on any atom is -0.467 e. The summed E-state index contributed by atoms with van der Waals surface area (Å²) in [5.41, 5.74) is 1.20. The van der Waals surface area contributed by atoms with Gasteiger partial charge in [0.05, 0.1) is 7.11 Å². The fourth-order valence-corrected chi connectivity index (χ4v) is 3.25. The molecule has 0 aliphatic carbocycles. The van der Waals surface area contributed by atoms with Gasteiger partial charge in [0.2, 0.25) is 0 Å². The number of hydrogen-bond donors (Lipinski definition) is 0. The average Bonchev–Trinajstić information content (AvgIpc) is 3.14. The molecule has 0 amide bonds. The van der Waals surface area contributed by atoms with E-state index in [9.17, 15) is 9.18 Å². The summed E-state index contributed by atoms with van der Waals surface area (Å²) in [6.07, 6.45) is 5.50. The summed E-state index contributed by atoms with van der Waals surface area (Å²) in [5.74, 6) is -0.732. The van der Waals surface area contributed by atoms with Crippen LogP contribution in [-0.2, 0) is 29.0 Å². The van der Waals surface area contributed by atoms with Gasteiger partial charge in [-0.15, -0.1) is 29.5 Å². The maximum absolute atomic E-state index is 13.0. The van der Waals surface area contributed by atoms with Gasteiger partial charge in [0.15, 0.2) is 0 Å². The molecule has 152 valence electrons. The Morgan fingerprint density at radius 3 is 2.33 bits per heavy atom. The van der Waals surface area contributed by atoms with E-state index in [1.807, 2.05) is 0 Å². The average molecular weight is 501 g/mol. The van der Waals surface area contributed by atoms with E-state index in [4.69, 9.17) is 6.58 Å². The Morgan fingerprint density at radius 2 is 1.93 bits per heavy atom. The van der Waals surface area contributed by atoms with Crippen molar-refractivity contribution in [1.29, 1.82) is 0 Å². The van der Waals surface area contributed by atoms with E-state index in [1.54, 1.807) is 48.8 Å². The maximum atomic E-state index is 13.0. The summed E-state index contributed by atoms with van der Waals surface area (Å²) >= 11 is 3.55. The first kappa shape index (κ1) is 26.4. The van der Waals surface area contributed by atoms with Crippen LogP contribution in [0.1, 0.15) is 12.5 Å². The Balaban J connectivity index is 0.000000572. The number of nitrogens with zero attached hydrogens (tertiary/aromatic N) is 3. The predicted molar refractivity (Wildman–Crippen MR) is 110 cm³/mol. The number of rotatable bonds is 6. The quantitative estimate of drug-likeness (QED) is 0.256. The van der Waals surface area contributed by atoms with Crippen molar-refractivity contribution in [2.75, 3.05) is 44.7 Å². The van der Waals surface area contributed by atoms with Crippen molar-refractivity contribution in [3.63, 3.8) is 0 Å². The van der Waals surface area contributed by atoms with Crippen LogP contribution in [0.2, 0.25) is 0 Å². The SMILES string of the molecule is CSN1[CH-]N(SC)CC1.[CH-]=Cc1cc(F)ccc1N(C)C(C)C(=O)OC.[Ru+2]. The number of methoxy groups -OCH3 is 1. The van der Waals surface area contributed by atoms with E-state index in [2.05, 4.69) is 32.5 Å². The third kappa shape index (κ3) is 8.12. The second-order valence-electron chi connectivity index (χ2n) is 5.44. The van der Waals surface area contributed by atoms with E-state index in [0.717, 1.165) is 13.1 Å². The van der Waals surface area contributed by atoms with E-state index < -0.39 is 6.04 Å². The molecule has 1 atom stereocenters. The number of esters is 1. The Kier molecular flexibility index (Phi) is 13.3. The monoisotopic (exact) mass is 501 g/mol. The first-order chi connectivity index (χ1) is 12.4. The van der Waals surface area contributed by atoms with E-state index in [1.165, 1.54) is 25.3 Å². The molecule has 1 aromatic rings. The normalized spacial score (nSPS) is 15.2. The molecule has 1 unspecified atom stereocenters. The topological polar surface area (TPSA) is 36.0 Å². The minimum absolute atomic E-state index is 0. The number of halogens is 1. The zero-order valence-electron chi connectivity index (χ0n) is 16.2. The molecule has 0 bridgehead atoms. The second kappa shape index (κ2) is 13.6. The summed E-state index contributed by atoms with van der Waals surface area (Å²) < 4.78 is 22.2. The first-order valence-electron chi connectivity index (χ1n) is 7.99. The minimum atomic E-state index is -0.468. The number of carbonyl (C=O) groups is 1. The number of benzene rings is 1. The van der Waals surface area contributed by atoms with Crippen molar-refractivity contribution < 1.29 is 33.4 Å². The molecular formula is C18H26FN3O2RuS2. The Hall–Kier alpha value is -0.597. The van der Waals surface area contributed by atoms with Gasteiger partial charge in [-0.05, 0) is 44.3 Å². The molecule has 9 heteroatoms. The molecule has 1 aliphatic rings. The molecule has 2 rings (SSSR count). The van der Waals surface area contributed by atoms with Crippen LogP contribution in [0, 0.1) is 19.1 Å². The number of carbonyl (C=O) groups excluding carboxylic acids is 1. The number of anilines is 1. The Labute approximate surface area is 183 Å². The molecule has 27 heavy (non-hydrogen) atoms. The molecule has 0 radical (unpaired) electrons. The Morgan fingerprint density at radius 1 is 1.37 bits per heavy atom. The first-order valence-corrected chi connectivity index (χ1v) is 10.4. The number of likely N-dealkylation sites (N-methyl/N-ethyl adjacent to an activating group) is 1. The smallest absolute Gasteiger partial charge is 0.467 e. The van der Waals surface area contributed by atoms with E-state index in [-0.39, 0.29) is 31.3 Å². The van der Waals surface area contributed by atoms with E-state index >= 15 is 0 Å². The van der Waals surface area contributed by atoms with Gasteiger partial charge in [-0.25, -0.2) is 15.3 Å². The fourth-order valence-electron chi connectivity index (χ4n) is 2.25. The second-order valence-corrected chi connectivity index (χ2v) is 7.11.